The van der Waals surface area contributed by atoms with Crippen LogP contribution in [0.2, 0.25) is 0 Å². The van der Waals surface area contributed by atoms with E-state index in [1.165, 1.54) is 0 Å². The Morgan fingerprint density at radius 2 is 2.22 bits per heavy atom. The van der Waals surface area contributed by atoms with Crippen LogP contribution in [0.25, 0.3) is 0 Å². The van der Waals surface area contributed by atoms with E-state index in [0.29, 0.717) is 19.8 Å². The first-order chi connectivity index (χ1) is 8.86. The fourth-order valence-corrected chi connectivity index (χ4v) is 1.89. The van der Waals surface area contributed by atoms with Crippen molar-refractivity contribution in [2.45, 2.75) is 25.4 Å². The molecule has 0 saturated carbocycles. The van der Waals surface area contributed by atoms with Crippen molar-refractivity contribution in [2.75, 3.05) is 19.8 Å². The molecule has 18 heavy (non-hydrogen) atoms. The molecule has 1 fully saturated rings. The van der Waals surface area contributed by atoms with Crippen LogP contribution in [0.1, 0.15) is 19.3 Å². The summed E-state index contributed by atoms with van der Waals surface area (Å²) in [5.41, 5.74) is 0. The van der Waals surface area contributed by atoms with Crippen LogP contribution in [0.5, 0.6) is 5.75 Å². The van der Waals surface area contributed by atoms with Crippen LogP contribution >= 0.6 is 0 Å². The van der Waals surface area contributed by atoms with Crippen molar-refractivity contribution in [1.29, 1.82) is 0 Å². The number of benzene rings is 1. The van der Waals surface area contributed by atoms with E-state index in [1.807, 2.05) is 30.3 Å². The zero-order valence-electron chi connectivity index (χ0n) is 10.4. The first-order valence-electron chi connectivity index (χ1n) is 6.43. The second kappa shape index (κ2) is 7.01. The van der Waals surface area contributed by atoms with Crippen molar-refractivity contribution in [2.24, 2.45) is 0 Å². The number of hydrogen-bond acceptors (Lipinski definition) is 3. The topological polar surface area (TPSA) is 47.6 Å². The lowest BCUT2D eigenvalue weighted by atomic mass is 10.2. The molecule has 1 atom stereocenters. The van der Waals surface area contributed by atoms with Crippen LogP contribution in [0, 0.1) is 0 Å². The zero-order valence-corrected chi connectivity index (χ0v) is 10.4. The normalized spacial score (nSPS) is 18.6. The molecule has 0 aliphatic carbocycles. The van der Waals surface area contributed by atoms with Gasteiger partial charge in [0, 0.05) is 13.2 Å². The fourth-order valence-electron chi connectivity index (χ4n) is 1.89. The Morgan fingerprint density at radius 3 is 2.94 bits per heavy atom. The molecule has 1 saturated heterocycles. The van der Waals surface area contributed by atoms with Crippen LogP contribution in [0.15, 0.2) is 30.3 Å². The number of rotatable bonds is 6. The molecule has 0 radical (unpaired) electrons. The quantitative estimate of drug-likeness (QED) is 0.781. The number of nitrogens with one attached hydrogen (secondary N) is 1. The molecule has 0 bridgehead atoms. The van der Waals surface area contributed by atoms with E-state index in [0.717, 1.165) is 25.0 Å². The maximum absolute atomic E-state index is 11.6. The van der Waals surface area contributed by atoms with Gasteiger partial charge in [0.2, 0.25) is 5.91 Å². The molecule has 2 rings (SSSR count). The summed E-state index contributed by atoms with van der Waals surface area (Å²) in [7, 11) is 0. The summed E-state index contributed by atoms with van der Waals surface area (Å²) < 4.78 is 10.8. The molecule has 98 valence electrons. The van der Waals surface area contributed by atoms with Crippen molar-refractivity contribution in [3.8, 4) is 5.75 Å². The van der Waals surface area contributed by atoms with E-state index in [2.05, 4.69) is 5.32 Å². The lowest BCUT2D eigenvalue weighted by Crippen LogP contribution is -2.35. The Hall–Kier alpha value is -1.55. The van der Waals surface area contributed by atoms with Gasteiger partial charge in [-0.25, -0.2) is 0 Å². The summed E-state index contributed by atoms with van der Waals surface area (Å²) in [6.07, 6.45) is 2.38. The molecule has 1 aromatic carbocycles. The van der Waals surface area contributed by atoms with Crippen molar-refractivity contribution in [3.63, 3.8) is 0 Å². The first kappa shape index (κ1) is 12.9. The minimum atomic E-state index is -0.236. The Morgan fingerprint density at radius 1 is 1.39 bits per heavy atom. The van der Waals surface area contributed by atoms with E-state index in [-0.39, 0.29) is 12.0 Å². The van der Waals surface area contributed by atoms with Crippen LogP contribution in [0.3, 0.4) is 0 Å². The van der Waals surface area contributed by atoms with E-state index >= 15 is 0 Å². The van der Waals surface area contributed by atoms with Crippen LogP contribution < -0.4 is 10.1 Å². The average Bonchev–Trinajstić information content (AvgIpc) is 2.93. The molecule has 1 aromatic rings. The highest BCUT2D eigenvalue weighted by Crippen LogP contribution is 2.11. The average molecular weight is 249 g/mol. The van der Waals surface area contributed by atoms with E-state index < -0.39 is 0 Å². The smallest absolute Gasteiger partial charge is 0.249 e. The molecule has 4 heteroatoms. The number of para-hydroxylation sites is 1. The molecular weight excluding hydrogens is 230 g/mol. The number of amides is 1. The lowest BCUT2D eigenvalue weighted by molar-refractivity contribution is -0.130. The highest BCUT2D eigenvalue weighted by molar-refractivity contribution is 5.80. The highest BCUT2D eigenvalue weighted by atomic mass is 16.5. The molecule has 0 aromatic heterocycles. The van der Waals surface area contributed by atoms with Crippen LogP contribution in [-0.4, -0.2) is 31.8 Å². The number of carbonyl (C=O) groups excluding carboxylic acids is 1. The van der Waals surface area contributed by atoms with Gasteiger partial charge in [-0.2, -0.15) is 0 Å². The third-order valence-electron chi connectivity index (χ3n) is 2.85. The SMILES string of the molecule is O=C(NCCCOc1ccccc1)[C@@H]1CCCO1. The Bertz CT molecular complexity index is 361. The molecule has 1 N–H and O–H groups in total. The summed E-state index contributed by atoms with van der Waals surface area (Å²) >= 11 is 0. The third kappa shape index (κ3) is 4.04. The van der Waals surface area contributed by atoms with Crippen molar-refractivity contribution < 1.29 is 14.3 Å². The maximum atomic E-state index is 11.6. The van der Waals surface area contributed by atoms with Crippen molar-refractivity contribution in [1.82, 2.24) is 5.32 Å². The molecule has 1 aliphatic rings. The molecule has 0 unspecified atom stereocenters. The summed E-state index contributed by atoms with van der Waals surface area (Å²) in [6, 6.07) is 9.67. The van der Waals surface area contributed by atoms with Gasteiger partial charge in [0.1, 0.15) is 11.9 Å². The summed E-state index contributed by atoms with van der Waals surface area (Å²) in [5, 5.41) is 2.87. The minimum Gasteiger partial charge on any atom is -0.494 e. The number of hydrogen-bond donors (Lipinski definition) is 1. The number of ether oxygens (including phenoxy) is 2. The predicted molar refractivity (Wildman–Crippen MR) is 68.5 cm³/mol. The van der Waals surface area contributed by atoms with Crippen LogP contribution in [-0.2, 0) is 9.53 Å². The number of carbonyl (C=O) groups is 1. The molecule has 1 heterocycles. The molecule has 4 nitrogen and oxygen atoms in total. The van der Waals surface area contributed by atoms with Gasteiger partial charge in [0.25, 0.3) is 0 Å². The third-order valence-corrected chi connectivity index (χ3v) is 2.85. The molecule has 1 amide bonds. The zero-order chi connectivity index (χ0) is 12.6. The van der Waals surface area contributed by atoms with Gasteiger partial charge >= 0.3 is 0 Å². The Balaban J connectivity index is 1.54. The van der Waals surface area contributed by atoms with Gasteiger partial charge < -0.3 is 14.8 Å². The van der Waals surface area contributed by atoms with Gasteiger partial charge in [0.05, 0.1) is 6.61 Å². The van der Waals surface area contributed by atoms with Gasteiger partial charge in [0.15, 0.2) is 0 Å². The van der Waals surface area contributed by atoms with E-state index in [1.54, 1.807) is 0 Å². The summed E-state index contributed by atoms with van der Waals surface area (Å²) in [4.78, 5) is 11.6. The van der Waals surface area contributed by atoms with Gasteiger partial charge in [-0.1, -0.05) is 18.2 Å². The first-order valence-corrected chi connectivity index (χ1v) is 6.43. The van der Waals surface area contributed by atoms with E-state index in [4.69, 9.17) is 9.47 Å². The van der Waals surface area contributed by atoms with Crippen molar-refractivity contribution in [3.05, 3.63) is 30.3 Å². The monoisotopic (exact) mass is 249 g/mol. The second-order valence-corrected chi connectivity index (χ2v) is 4.31. The molecular formula is C14H19NO3. The fraction of sp³-hybridized carbons (Fsp3) is 0.500. The second-order valence-electron chi connectivity index (χ2n) is 4.31. The van der Waals surface area contributed by atoms with Crippen molar-refractivity contribution >= 4 is 5.91 Å². The summed E-state index contributed by atoms with van der Waals surface area (Å²) in [6.45, 7) is 1.94. The standard InChI is InChI=1S/C14H19NO3/c16-14(13-8-4-10-18-13)15-9-5-11-17-12-6-2-1-3-7-12/h1-3,6-7,13H,4-5,8-11H2,(H,15,16)/t13-/m0/s1. The maximum Gasteiger partial charge on any atom is 0.249 e. The largest absolute Gasteiger partial charge is 0.494 e. The Kier molecular flexibility index (Phi) is 5.02. The minimum absolute atomic E-state index is 0.00668. The highest BCUT2D eigenvalue weighted by Gasteiger charge is 2.22. The predicted octanol–water partition coefficient (Wildman–Crippen LogP) is 1.75. The lowest BCUT2D eigenvalue weighted by Gasteiger charge is -2.10. The molecule has 1 aliphatic heterocycles. The van der Waals surface area contributed by atoms with Crippen LogP contribution in [0.4, 0.5) is 0 Å². The van der Waals surface area contributed by atoms with Gasteiger partial charge in [-0.3, -0.25) is 4.79 Å². The Labute approximate surface area is 107 Å². The molecule has 0 spiro atoms. The summed E-state index contributed by atoms with van der Waals surface area (Å²) in [5.74, 6) is 0.871. The van der Waals surface area contributed by atoms with Gasteiger partial charge in [-0.15, -0.1) is 0 Å². The van der Waals surface area contributed by atoms with Gasteiger partial charge in [-0.05, 0) is 31.4 Å². The van der Waals surface area contributed by atoms with E-state index in [9.17, 15) is 4.79 Å².